The molecule has 1 aromatic carbocycles. The van der Waals surface area contributed by atoms with Crippen molar-refractivity contribution < 1.29 is 43.1 Å². The van der Waals surface area contributed by atoms with E-state index in [9.17, 15) is 13.6 Å². The molecule has 2 rings (SSSR count). The molecule has 7 heteroatoms. The molecule has 4 nitrogen and oxygen atoms in total. The Balaban J connectivity index is 0.00000112. The molecule has 1 heterocycles. The molecule has 1 amide bonds. The summed E-state index contributed by atoms with van der Waals surface area (Å²) in [7, 11) is 0. The zero-order valence-electron chi connectivity index (χ0n) is 7.87. The minimum atomic E-state index is -2.37. The Bertz CT molecular complexity index is 452. The summed E-state index contributed by atoms with van der Waals surface area (Å²) in [5.74, 6) is -0.148. The summed E-state index contributed by atoms with van der Waals surface area (Å²) < 4.78 is 21.4. The van der Waals surface area contributed by atoms with Crippen LogP contribution in [-0.4, -0.2) is 14.7 Å². The Hall–Kier alpha value is 0.0900. The van der Waals surface area contributed by atoms with Crippen LogP contribution in [0, 0.1) is 0 Å². The van der Waals surface area contributed by atoms with Gasteiger partial charge >= 0.3 is 29.6 Å². The number of fused-ring (bicyclic) bond motifs is 1. The first kappa shape index (κ1) is 13.2. The molecule has 1 aromatic rings. The summed E-state index contributed by atoms with van der Waals surface area (Å²) in [5, 5.41) is 2.70. The first-order chi connectivity index (χ1) is 6.58. The van der Waals surface area contributed by atoms with E-state index >= 15 is 0 Å². The van der Waals surface area contributed by atoms with E-state index in [4.69, 9.17) is 11.6 Å². The molecule has 1 atom stereocenters. The predicted molar refractivity (Wildman–Crippen MR) is 51.0 cm³/mol. The van der Waals surface area contributed by atoms with Crippen molar-refractivity contribution in [1.29, 1.82) is 0 Å². The number of hydrogen-bond donors (Lipinski definition) is 1. The Morgan fingerprint density at radius 1 is 1.47 bits per heavy atom. The minimum Gasteiger partial charge on any atom is -0.768 e. The number of nitrogens with one attached hydrogen (secondary N) is 1. The normalized spacial score (nSPS) is 15.2. The van der Waals surface area contributed by atoms with Crippen molar-refractivity contribution in [2.75, 3.05) is 5.32 Å². The maximum atomic E-state index is 11.0. The van der Waals surface area contributed by atoms with Gasteiger partial charge < -0.3 is 9.87 Å². The second-order valence-electron chi connectivity index (χ2n) is 2.90. The Morgan fingerprint density at radius 3 is 2.73 bits per heavy atom. The van der Waals surface area contributed by atoms with Gasteiger partial charge in [-0.05, 0) is 28.8 Å². The number of benzene rings is 1. The number of anilines is 1. The minimum absolute atomic E-state index is 0. The van der Waals surface area contributed by atoms with Crippen molar-refractivity contribution in [3.8, 4) is 0 Å². The van der Waals surface area contributed by atoms with E-state index in [1.807, 2.05) is 0 Å². The van der Waals surface area contributed by atoms with Crippen molar-refractivity contribution in [2.45, 2.75) is 11.3 Å². The number of rotatable bonds is 1. The van der Waals surface area contributed by atoms with Crippen LogP contribution >= 0.6 is 11.6 Å². The molecule has 0 radical (unpaired) electrons. The average molecular weight is 254 g/mol. The van der Waals surface area contributed by atoms with E-state index in [1.165, 1.54) is 12.1 Å². The van der Waals surface area contributed by atoms with Gasteiger partial charge in [0.2, 0.25) is 5.91 Å². The standard InChI is InChI=1S/C8H6ClNO3S.Na/c9-5-3-6-4(2-8(11)10-6)1-7(5)14(12)13;/h1,3H,2H2,(H,10,11)(H,12,13);/q;+1/p-1. The first-order valence-corrected chi connectivity index (χ1v) is 5.25. The summed E-state index contributed by atoms with van der Waals surface area (Å²) in [6.07, 6.45) is 0.205. The topological polar surface area (TPSA) is 69.2 Å². The van der Waals surface area contributed by atoms with Crippen LogP contribution in [-0.2, 0) is 22.3 Å². The van der Waals surface area contributed by atoms with Gasteiger partial charge in [0.25, 0.3) is 0 Å². The maximum Gasteiger partial charge on any atom is 1.00 e. The van der Waals surface area contributed by atoms with Gasteiger partial charge in [0.15, 0.2) is 0 Å². The molecule has 0 aromatic heterocycles. The Labute approximate surface area is 116 Å². The van der Waals surface area contributed by atoms with E-state index in [-0.39, 0.29) is 51.8 Å². The van der Waals surface area contributed by atoms with Gasteiger partial charge in [-0.2, -0.15) is 0 Å². The van der Waals surface area contributed by atoms with Gasteiger partial charge in [0.1, 0.15) is 0 Å². The van der Waals surface area contributed by atoms with E-state index in [1.54, 1.807) is 0 Å². The number of halogens is 1. The third-order valence-electron chi connectivity index (χ3n) is 1.96. The summed E-state index contributed by atoms with van der Waals surface area (Å²) in [5.41, 5.74) is 1.26. The SMILES string of the molecule is O=C1Cc2cc(S(=O)[O-])c(Cl)cc2N1.[Na+]. The maximum absolute atomic E-state index is 11.0. The van der Waals surface area contributed by atoms with Gasteiger partial charge in [-0.15, -0.1) is 0 Å². The van der Waals surface area contributed by atoms with E-state index < -0.39 is 11.1 Å². The second kappa shape index (κ2) is 4.95. The summed E-state index contributed by atoms with van der Waals surface area (Å²) in [6.45, 7) is 0. The molecular formula is C8H5ClNNaO3S. The van der Waals surface area contributed by atoms with Crippen molar-refractivity contribution in [1.82, 2.24) is 0 Å². The molecule has 15 heavy (non-hydrogen) atoms. The molecule has 74 valence electrons. The fraction of sp³-hybridized carbons (Fsp3) is 0.125. The summed E-state index contributed by atoms with van der Waals surface area (Å²) in [6, 6.07) is 2.87. The number of carbonyl (C=O) groups is 1. The fourth-order valence-corrected chi connectivity index (χ4v) is 2.16. The Morgan fingerprint density at radius 2 is 2.13 bits per heavy atom. The Kier molecular flexibility index (Phi) is 4.34. The van der Waals surface area contributed by atoms with Gasteiger partial charge in [0.05, 0.1) is 11.4 Å². The zero-order valence-corrected chi connectivity index (χ0v) is 11.4. The van der Waals surface area contributed by atoms with Crippen LogP contribution in [0.1, 0.15) is 5.56 Å². The van der Waals surface area contributed by atoms with Crippen molar-refractivity contribution >= 4 is 34.3 Å². The average Bonchev–Trinajstić information content (AvgIpc) is 2.42. The van der Waals surface area contributed by atoms with Crippen molar-refractivity contribution in [3.05, 3.63) is 22.7 Å². The van der Waals surface area contributed by atoms with Crippen LogP contribution in [0.25, 0.3) is 0 Å². The molecule has 1 unspecified atom stereocenters. The molecule has 0 saturated carbocycles. The number of hydrogen-bond acceptors (Lipinski definition) is 3. The van der Waals surface area contributed by atoms with Crippen molar-refractivity contribution in [3.63, 3.8) is 0 Å². The van der Waals surface area contributed by atoms with Gasteiger partial charge in [0, 0.05) is 10.6 Å². The van der Waals surface area contributed by atoms with Crippen molar-refractivity contribution in [2.24, 2.45) is 0 Å². The van der Waals surface area contributed by atoms with Gasteiger partial charge in [-0.3, -0.25) is 9.00 Å². The monoisotopic (exact) mass is 253 g/mol. The van der Waals surface area contributed by atoms with Crippen LogP contribution in [0.3, 0.4) is 0 Å². The molecule has 0 spiro atoms. The van der Waals surface area contributed by atoms with Gasteiger partial charge in [-0.25, -0.2) is 0 Å². The van der Waals surface area contributed by atoms with Crippen LogP contribution < -0.4 is 34.9 Å². The van der Waals surface area contributed by atoms with Crippen LogP contribution in [0.5, 0.6) is 0 Å². The molecule has 0 bridgehead atoms. The molecular weight excluding hydrogens is 249 g/mol. The van der Waals surface area contributed by atoms with Gasteiger partial charge in [-0.1, -0.05) is 11.6 Å². The number of amides is 1. The first-order valence-electron chi connectivity index (χ1n) is 3.79. The molecule has 1 aliphatic heterocycles. The largest absolute Gasteiger partial charge is 1.00 e. The quantitative estimate of drug-likeness (QED) is 0.468. The molecule has 1 aliphatic rings. The van der Waals surface area contributed by atoms with E-state index in [2.05, 4.69) is 5.32 Å². The van der Waals surface area contributed by atoms with E-state index in [0.717, 1.165) is 0 Å². The molecule has 0 aliphatic carbocycles. The van der Waals surface area contributed by atoms with Crippen LogP contribution in [0.4, 0.5) is 5.69 Å². The third kappa shape index (κ3) is 2.61. The molecule has 0 saturated heterocycles. The van der Waals surface area contributed by atoms with Crippen LogP contribution in [0.15, 0.2) is 17.0 Å². The zero-order chi connectivity index (χ0) is 10.3. The second-order valence-corrected chi connectivity index (χ2v) is 4.22. The van der Waals surface area contributed by atoms with E-state index in [0.29, 0.717) is 11.3 Å². The summed E-state index contributed by atoms with van der Waals surface area (Å²) in [4.78, 5) is 11.0. The van der Waals surface area contributed by atoms with Crippen LogP contribution in [0.2, 0.25) is 5.02 Å². The molecule has 0 fully saturated rings. The molecule has 1 N–H and O–H groups in total. The smallest absolute Gasteiger partial charge is 0.768 e. The predicted octanol–water partition coefficient (Wildman–Crippen LogP) is -1.92. The fourth-order valence-electron chi connectivity index (χ4n) is 1.35. The third-order valence-corrected chi connectivity index (χ3v) is 3.08. The summed E-state index contributed by atoms with van der Waals surface area (Å²) >= 11 is 3.34. The number of carbonyl (C=O) groups excluding carboxylic acids is 1.